The number of halogens is 1. The molecule has 3 nitrogen and oxygen atoms in total. The van der Waals surface area contributed by atoms with Crippen molar-refractivity contribution in [3.8, 4) is 0 Å². The van der Waals surface area contributed by atoms with Gasteiger partial charge in [0.05, 0.1) is 4.99 Å². The lowest BCUT2D eigenvalue weighted by Gasteiger charge is -2.34. The summed E-state index contributed by atoms with van der Waals surface area (Å²) in [7, 11) is 0. The molecule has 0 aromatic carbocycles. The van der Waals surface area contributed by atoms with Crippen molar-refractivity contribution in [3.63, 3.8) is 0 Å². The summed E-state index contributed by atoms with van der Waals surface area (Å²) in [5.74, 6) is 0. The second-order valence-electron chi connectivity index (χ2n) is 4.25. The Hall–Kier alpha value is -0.0100. The van der Waals surface area contributed by atoms with E-state index in [4.69, 9.17) is 18.0 Å². The molecule has 1 aliphatic heterocycles. The van der Waals surface area contributed by atoms with Crippen molar-refractivity contribution in [2.75, 3.05) is 32.7 Å². The molecule has 0 aliphatic carbocycles. The molecule has 0 spiro atoms. The first kappa shape index (κ1) is 13.4. The van der Waals surface area contributed by atoms with Gasteiger partial charge in [0.1, 0.15) is 0 Å². The number of piperazine rings is 1. The van der Waals surface area contributed by atoms with Crippen LogP contribution in [0.25, 0.3) is 0 Å². The number of nitrogens with zero attached hydrogens (tertiary/aromatic N) is 2. The molecule has 0 radical (unpaired) electrons. The van der Waals surface area contributed by atoms with E-state index in [1.165, 1.54) is 9.35 Å². The van der Waals surface area contributed by atoms with Crippen molar-refractivity contribution in [2.24, 2.45) is 5.73 Å². The van der Waals surface area contributed by atoms with Gasteiger partial charge in [0, 0.05) is 54.0 Å². The lowest BCUT2D eigenvalue weighted by Crippen LogP contribution is -2.48. The highest BCUT2D eigenvalue weighted by Gasteiger charge is 2.17. The van der Waals surface area contributed by atoms with Crippen LogP contribution in [-0.4, -0.2) is 47.5 Å². The van der Waals surface area contributed by atoms with Crippen LogP contribution in [-0.2, 0) is 6.54 Å². The zero-order chi connectivity index (χ0) is 12.3. The first-order valence-electron chi connectivity index (χ1n) is 5.59. The molecule has 1 fully saturated rings. The fourth-order valence-corrected chi connectivity index (χ4v) is 3.66. The smallest absolute Gasteiger partial charge is 0.0870 e. The fraction of sp³-hybridized carbons (Fsp3) is 0.545. The summed E-state index contributed by atoms with van der Waals surface area (Å²) in [6.45, 7) is 6.12. The van der Waals surface area contributed by atoms with Gasteiger partial charge in [-0.25, -0.2) is 0 Å². The molecule has 0 unspecified atom stereocenters. The first-order valence-corrected chi connectivity index (χ1v) is 7.67. The average Bonchev–Trinajstić information content (AvgIpc) is 2.66. The molecule has 0 saturated carbocycles. The third kappa shape index (κ3) is 4.30. The van der Waals surface area contributed by atoms with Gasteiger partial charge in [0.15, 0.2) is 0 Å². The van der Waals surface area contributed by atoms with Crippen LogP contribution in [0.1, 0.15) is 4.88 Å². The number of thiophene rings is 1. The Morgan fingerprint density at radius 3 is 2.53 bits per heavy atom. The van der Waals surface area contributed by atoms with Gasteiger partial charge < -0.3 is 5.73 Å². The number of hydrogen-bond acceptors (Lipinski definition) is 4. The van der Waals surface area contributed by atoms with E-state index in [2.05, 4.69) is 37.2 Å². The Kier molecular flexibility index (Phi) is 4.93. The maximum atomic E-state index is 5.56. The molecule has 1 aromatic heterocycles. The standard InChI is InChI=1S/C11H16BrN3S2/c12-9-5-10(17-8-9)6-14-1-3-15(4-2-14)7-11(13)16/h5,8H,1-4,6-7H2,(H2,13,16). The van der Waals surface area contributed by atoms with E-state index < -0.39 is 0 Å². The lowest BCUT2D eigenvalue weighted by molar-refractivity contribution is 0.141. The van der Waals surface area contributed by atoms with Gasteiger partial charge in [-0.05, 0) is 22.0 Å². The highest BCUT2D eigenvalue weighted by Crippen LogP contribution is 2.21. The predicted octanol–water partition coefficient (Wildman–Crippen LogP) is 1.91. The minimum absolute atomic E-state index is 0.598. The van der Waals surface area contributed by atoms with Gasteiger partial charge in [0.2, 0.25) is 0 Å². The maximum Gasteiger partial charge on any atom is 0.0870 e. The monoisotopic (exact) mass is 333 g/mol. The summed E-state index contributed by atoms with van der Waals surface area (Å²) in [6, 6.07) is 2.20. The fourth-order valence-electron chi connectivity index (χ4n) is 1.98. The van der Waals surface area contributed by atoms with Crippen molar-refractivity contribution in [2.45, 2.75) is 6.54 Å². The van der Waals surface area contributed by atoms with Gasteiger partial charge in [-0.15, -0.1) is 11.3 Å². The van der Waals surface area contributed by atoms with E-state index in [-0.39, 0.29) is 0 Å². The molecule has 2 heterocycles. The minimum Gasteiger partial charge on any atom is -0.392 e. The average molecular weight is 334 g/mol. The van der Waals surface area contributed by atoms with Gasteiger partial charge in [-0.3, -0.25) is 9.80 Å². The zero-order valence-corrected chi connectivity index (χ0v) is 12.8. The molecule has 17 heavy (non-hydrogen) atoms. The maximum absolute atomic E-state index is 5.56. The van der Waals surface area contributed by atoms with Gasteiger partial charge in [-0.1, -0.05) is 12.2 Å². The van der Waals surface area contributed by atoms with Gasteiger partial charge >= 0.3 is 0 Å². The third-order valence-electron chi connectivity index (χ3n) is 2.85. The third-order valence-corrected chi connectivity index (χ3v) is 4.66. The largest absolute Gasteiger partial charge is 0.392 e. The second kappa shape index (κ2) is 6.24. The molecule has 2 N–H and O–H groups in total. The van der Waals surface area contributed by atoms with Crippen molar-refractivity contribution >= 4 is 44.5 Å². The zero-order valence-electron chi connectivity index (χ0n) is 9.56. The second-order valence-corrected chi connectivity index (χ2v) is 6.69. The molecular formula is C11H16BrN3S2. The molecule has 1 aliphatic rings. The lowest BCUT2D eigenvalue weighted by atomic mass is 10.3. The number of rotatable bonds is 4. The van der Waals surface area contributed by atoms with Crippen LogP contribution < -0.4 is 5.73 Å². The molecule has 94 valence electrons. The van der Waals surface area contributed by atoms with Crippen LogP contribution >= 0.6 is 39.5 Å². The summed E-state index contributed by atoms with van der Waals surface area (Å²) >= 11 is 10.2. The summed E-state index contributed by atoms with van der Waals surface area (Å²) < 4.78 is 1.18. The molecule has 1 aromatic rings. The highest BCUT2D eigenvalue weighted by molar-refractivity contribution is 9.10. The first-order chi connectivity index (χ1) is 8.13. The summed E-state index contributed by atoms with van der Waals surface area (Å²) in [5, 5.41) is 2.14. The number of hydrogen-bond donors (Lipinski definition) is 1. The number of nitrogens with two attached hydrogens (primary N) is 1. The number of thiocarbonyl (C=S) groups is 1. The van der Waals surface area contributed by atoms with Crippen LogP contribution in [0.3, 0.4) is 0 Å². The Labute approximate surface area is 120 Å². The Morgan fingerprint density at radius 1 is 1.35 bits per heavy atom. The van der Waals surface area contributed by atoms with E-state index in [0.717, 1.165) is 39.3 Å². The Bertz CT molecular complexity index is 386. The Morgan fingerprint density at radius 2 is 2.00 bits per heavy atom. The van der Waals surface area contributed by atoms with Crippen LogP contribution in [0, 0.1) is 0 Å². The van der Waals surface area contributed by atoms with Crippen LogP contribution in [0.5, 0.6) is 0 Å². The molecular weight excluding hydrogens is 318 g/mol. The summed E-state index contributed by atoms with van der Waals surface area (Å²) in [5.41, 5.74) is 5.56. The molecule has 0 amide bonds. The Balaban J connectivity index is 1.77. The summed E-state index contributed by atoms with van der Waals surface area (Å²) in [6.07, 6.45) is 0. The predicted molar refractivity (Wildman–Crippen MR) is 80.5 cm³/mol. The van der Waals surface area contributed by atoms with Gasteiger partial charge in [-0.2, -0.15) is 0 Å². The van der Waals surface area contributed by atoms with Crippen LogP contribution in [0.15, 0.2) is 15.9 Å². The van der Waals surface area contributed by atoms with E-state index >= 15 is 0 Å². The van der Waals surface area contributed by atoms with Crippen LogP contribution in [0.4, 0.5) is 0 Å². The molecule has 1 saturated heterocycles. The molecule has 0 atom stereocenters. The molecule has 0 bridgehead atoms. The van der Waals surface area contributed by atoms with Crippen molar-refractivity contribution in [3.05, 3.63) is 20.8 Å². The van der Waals surface area contributed by atoms with E-state index in [1.54, 1.807) is 0 Å². The molecule has 6 heteroatoms. The van der Waals surface area contributed by atoms with Gasteiger partial charge in [0.25, 0.3) is 0 Å². The highest BCUT2D eigenvalue weighted by atomic mass is 79.9. The summed E-state index contributed by atoms with van der Waals surface area (Å²) in [4.78, 5) is 6.82. The van der Waals surface area contributed by atoms with E-state index in [0.29, 0.717) is 4.99 Å². The quantitative estimate of drug-likeness (QED) is 0.853. The van der Waals surface area contributed by atoms with E-state index in [9.17, 15) is 0 Å². The molecule has 2 rings (SSSR count). The topological polar surface area (TPSA) is 32.5 Å². The minimum atomic E-state index is 0.598. The SMILES string of the molecule is NC(=S)CN1CCN(Cc2cc(Br)cs2)CC1. The normalized spacial score (nSPS) is 18.4. The van der Waals surface area contributed by atoms with E-state index in [1.807, 2.05) is 11.3 Å². The van der Waals surface area contributed by atoms with Crippen molar-refractivity contribution in [1.82, 2.24) is 9.80 Å². The van der Waals surface area contributed by atoms with Crippen molar-refractivity contribution < 1.29 is 0 Å². The van der Waals surface area contributed by atoms with Crippen molar-refractivity contribution in [1.29, 1.82) is 0 Å². The van der Waals surface area contributed by atoms with Crippen LogP contribution in [0.2, 0.25) is 0 Å².